The molecule has 7 nitrogen and oxygen atoms in total. The summed E-state index contributed by atoms with van der Waals surface area (Å²) in [7, 11) is -12.1. The minimum atomic E-state index is -2.50. The summed E-state index contributed by atoms with van der Waals surface area (Å²) >= 11 is 0. The van der Waals surface area contributed by atoms with Gasteiger partial charge in [-0.25, -0.2) is 9.97 Å². The van der Waals surface area contributed by atoms with Gasteiger partial charge >= 0.3 is 0 Å². The fraction of sp³-hybridized carbons (Fsp3) is 0.244. The van der Waals surface area contributed by atoms with E-state index in [0.29, 0.717) is 6.61 Å². The van der Waals surface area contributed by atoms with Crippen molar-refractivity contribution in [3.8, 4) is 11.4 Å². The molecule has 23 rings (SSSR count). The number of hydrogen-bond acceptors (Lipinski definition) is 5. The van der Waals surface area contributed by atoms with Crippen LogP contribution in [0.2, 0.25) is 65.5 Å². The third-order valence-electron chi connectivity index (χ3n) is 12.6. The van der Waals surface area contributed by atoms with Crippen molar-refractivity contribution < 1.29 is 12.7 Å². The molecule has 0 N–H and O–H groups in total. The lowest BCUT2D eigenvalue weighted by Crippen LogP contribution is -2.58. The first kappa shape index (κ1) is 37.0. The molecule has 12 heteroatoms. The van der Waals surface area contributed by atoms with E-state index in [-0.39, 0.29) is 0 Å². The van der Waals surface area contributed by atoms with Gasteiger partial charge in [0.05, 0.1) is 17.6 Å². The van der Waals surface area contributed by atoms with Crippen molar-refractivity contribution >= 4 is 111 Å². The van der Waals surface area contributed by atoms with Crippen LogP contribution in [0.25, 0.3) is 55.2 Å². The number of nitrogens with zero attached hydrogens (tertiary/aromatic N) is 4. The molecule has 0 spiro atoms. The normalized spacial score (nSPS) is 19.1. The Morgan fingerprint density at radius 3 is 1.26 bits per heavy atom. The molecular weight excluding hydrogens is 785 g/mol. The lowest BCUT2D eigenvalue weighted by Gasteiger charge is -2.35. The number of benzene rings is 4. The number of pyridine rings is 2. The Hall–Kier alpha value is -4.26. The lowest BCUT2D eigenvalue weighted by atomic mass is 10.2. The summed E-state index contributed by atoms with van der Waals surface area (Å²) in [5.41, 5.74) is 7.52. The summed E-state index contributed by atoms with van der Waals surface area (Å²) in [6, 6.07) is 36.7. The van der Waals surface area contributed by atoms with Crippen molar-refractivity contribution in [2.45, 2.75) is 72.1 Å². The van der Waals surface area contributed by atoms with E-state index in [2.05, 4.69) is 184 Å². The molecule has 0 radical (unpaired) electrons. The summed E-state index contributed by atoms with van der Waals surface area (Å²) in [6.07, 6.45) is 4.17. The topological polar surface area (TPSA) is 63.3 Å². The zero-order valence-corrected chi connectivity index (χ0v) is 39.6. The molecule has 4 aromatic carbocycles. The Kier molecular flexibility index (Phi) is 8.05. The predicted octanol–water partition coefficient (Wildman–Crippen LogP) is 8.01. The maximum absolute atomic E-state index is 7.53. The van der Waals surface area contributed by atoms with Crippen LogP contribution in [0, 0.1) is 0 Å². The van der Waals surface area contributed by atoms with Crippen LogP contribution in [0.15, 0.2) is 109 Å². The molecule has 0 unspecified atom stereocenters. The maximum Gasteiger partial charge on any atom is 0.218 e. The van der Waals surface area contributed by atoms with Crippen LogP contribution in [0.5, 0.6) is 0 Å². The van der Waals surface area contributed by atoms with E-state index in [0.717, 1.165) is 50.0 Å². The third-order valence-corrected chi connectivity index (χ3v) is 30.1. The molecule has 19 heterocycles. The highest BCUT2D eigenvalue weighted by molar-refractivity contribution is 6.98. The van der Waals surface area contributed by atoms with Crippen LogP contribution in [0.4, 0.5) is 0 Å². The second-order valence-electron chi connectivity index (χ2n) is 18.6. The van der Waals surface area contributed by atoms with Gasteiger partial charge < -0.3 is 12.7 Å². The second-order valence-corrected chi connectivity index (χ2v) is 38.5. The van der Waals surface area contributed by atoms with Gasteiger partial charge in [0.25, 0.3) is 0 Å². The minimum Gasteiger partial charge on any atom is -0.449 e. The van der Waals surface area contributed by atoms with E-state index in [1.807, 2.05) is 0 Å². The van der Waals surface area contributed by atoms with Gasteiger partial charge in [-0.2, -0.15) is 0 Å². The van der Waals surface area contributed by atoms with Crippen molar-refractivity contribution in [3.05, 3.63) is 115 Å². The van der Waals surface area contributed by atoms with E-state index in [9.17, 15) is 0 Å². The highest BCUT2D eigenvalue weighted by atomic mass is 28.4. The van der Waals surface area contributed by atoms with Gasteiger partial charge in [0, 0.05) is 45.3 Å². The van der Waals surface area contributed by atoms with E-state index < -0.39 is 41.6 Å². The van der Waals surface area contributed by atoms with E-state index in [1.165, 1.54) is 36.7 Å². The van der Waals surface area contributed by atoms with Crippen molar-refractivity contribution in [1.82, 2.24) is 19.1 Å². The van der Waals surface area contributed by atoms with Gasteiger partial charge in [-0.1, -0.05) is 48.5 Å². The zero-order chi connectivity index (χ0) is 39.9. The lowest BCUT2D eigenvalue weighted by molar-refractivity contribution is 0.304. The Morgan fingerprint density at radius 2 is 0.807 bits per heavy atom. The van der Waals surface area contributed by atoms with Gasteiger partial charge in [0.15, 0.2) is 0 Å². The number of aromatic nitrogens is 4. The molecule has 0 fully saturated rings. The molecule has 0 amide bonds. The highest BCUT2D eigenvalue weighted by Gasteiger charge is 2.40. The average molecular weight is 835 g/mol. The van der Waals surface area contributed by atoms with Crippen molar-refractivity contribution in [2.24, 2.45) is 0 Å². The van der Waals surface area contributed by atoms with Crippen molar-refractivity contribution in [1.29, 1.82) is 0 Å². The minimum absolute atomic E-state index is 0.555. The molecular formula is C45H50N4O3Si5. The summed E-state index contributed by atoms with van der Waals surface area (Å²) in [5, 5.41) is 10.9. The second kappa shape index (κ2) is 12.4. The average Bonchev–Trinajstić information content (AvgIpc) is 3.67. The van der Waals surface area contributed by atoms with Crippen LogP contribution < -0.4 is 25.9 Å². The van der Waals surface area contributed by atoms with Crippen LogP contribution >= 0.6 is 0 Å². The first-order valence-electron chi connectivity index (χ1n) is 20.1. The third kappa shape index (κ3) is 5.87. The first-order chi connectivity index (χ1) is 26.9. The fourth-order valence-corrected chi connectivity index (χ4v) is 26.8. The van der Waals surface area contributed by atoms with Crippen molar-refractivity contribution in [3.63, 3.8) is 0 Å². The molecule has 15 aliphatic heterocycles. The molecule has 0 atom stereocenters. The van der Waals surface area contributed by atoms with E-state index in [4.69, 9.17) is 22.6 Å². The molecule has 0 aliphatic carbocycles. The standard InChI is InChI=1S/C45H50N4O3Si5/c1-53(2)33-17-15-32(16-18-33)49-43-22-20-35-24-39(43)41-26-37(28-47-45(41)49)57(9,10)52-56(7,8)36-25-40-38-23-34(54(3,4)51-55(35,5)6)19-21-42(38)48(44(40)46-27-36)31-13-11-30(12-14-31)29-50-53/h11-28H,29H2,1-10H3. The van der Waals surface area contributed by atoms with Gasteiger partial charge in [-0.05, 0) is 145 Å². The van der Waals surface area contributed by atoms with Gasteiger partial charge in [-0.15, -0.1) is 0 Å². The number of hydrogen-bond donors (Lipinski definition) is 0. The van der Waals surface area contributed by atoms with E-state index >= 15 is 0 Å². The largest absolute Gasteiger partial charge is 0.449 e. The monoisotopic (exact) mass is 834 g/mol. The van der Waals surface area contributed by atoms with Crippen molar-refractivity contribution in [2.75, 3.05) is 0 Å². The summed E-state index contributed by atoms with van der Waals surface area (Å²) in [4.78, 5) is 10.6. The molecule has 8 aromatic rings. The Balaban J connectivity index is 1.32. The maximum atomic E-state index is 7.53. The Bertz CT molecular complexity index is 2800. The molecule has 0 saturated carbocycles. The Morgan fingerprint density at radius 1 is 0.421 bits per heavy atom. The molecule has 15 aliphatic rings. The molecule has 288 valence electrons. The SMILES string of the molecule is C[Si]1(C)OCc2ccc(cc2)-n2c3ccc4cc3c3cc(cnc32)[Si](C)(C)O[Si](C)(C)c2cnc3c(c2)c2cc(ccc2n3-c2ccc1cc2)[Si](C)(C)O[Si]4(C)C. The molecule has 4 aromatic heterocycles. The van der Waals surface area contributed by atoms with Crippen LogP contribution in [-0.4, -0.2) is 60.7 Å². The smallest absolute Gasteiger partial charge is 0.218 e. The zero-order valence-electron chi connectivity index (χ0n) is 34.6. The van der Waals surface area contributed by atoms with Gasteiger partial charge in [0.1, 0.15) is 11.3 Å². The number of rotatable bonds is 0. The Labute approximate surface area is 339 Å². The summed E-state index contributed by atoms with van der Waals surface area (Å²) in [5.74, 6) is 0. The molecule has 18 bridgehead atoms. The summed E-state index contributed by atoms with van der Waals surface area (Å²) < 4.78 is 26.5. The predicted molar refractivity (Wildman–Crippen MR) is 250 cm³/mol. The highest BCUT2D eigenvalue weighted by Crippen LogP contribution is 2.34. The van der Waals surface area contributed by atoms with Crippen LogP contribution in [0.1, 0.15) is 5.56 Å². The quantitative estimate of drug-likeness (QED) is 0.145. The fourth-order valence-electron chi connectivity index (χ4n) is 9.33. The first-order valence-corrected chi connectivity index (χ1v) is 34.6. The van der Waals surface area contributed by atoms with Gasteiger partial charge in [-0.3, -0.25) is 9.13 Å². The summed E-state index contributed by atoms with van der Waals surface area (Å²) in [6.45, 7) is 23.9. The van der Waals surface area contributed by atoms with Crippen LogP contribution in [0.3, 0.4) is 0 Å². The van der Waals surface area contributed by atoms with Crippen LogP contribution in [-0.2, 0) is 19.3 Å². The van der Waals surface area contributed by atoms with E-state index in [1.54, 1.807) is 0 Å². The van der Waals surface area contributed by atoms with Gasteiger partial charge in [0.2, 0.25) is 41.6 Å². The molecule has 57 heavy (non-hydrogen) atoms. The molecule has 0 saturated heterocycles.